The average Bonchev–Trinajstić information content (AvgIpc) is 2.86. The van der Waals surface area contributed by atoms with Crippen molar-refractivity contribution in [1.29, 1.82) is 0 Å². The van der Waals surface area contributed by atoms with Gasteiger partial charge in [-0.05, 0) is 38.4 Å². The Labute approximate surface area is 119 Å². The molecule has 3 aromatic rings. The Hall–Kier alpha value is -2.13. The maximum atomic E-state index is 5.69. The summed E-state index contributed by atoms with van der Waals surface area (Å²) in [5.41, 5.74) is 11.4. The highest BCUT2D eigenvalue weighted by Gasteiger charge is 2.14. The minimum absolute atomic E-state index is 0.702. The second kappa shape index (κ2) is 5.47. The average molecular weight is 265 g/mol. The molecular weight excluding hydrogens is 246 g/mol. The molecule has 0 unspecified atom stereocenters. The van der Waals surface area contributed by atoms with Crippen molar-refractivity contribution in [2.45, 2.75) is 19.8 Å². The van der Waals surface area contributed by atoms with Gasteiger partial charge in [0, 0.05) is 11.3 Å². The predicted molar refractivity (Wildman–Crippen MR) is 82.7 cm³/mol. The Morgan fingerprint density at radius 1 is 1.05 bits per heavy atom. The maximum absolute atomic E-state index is 5.69. The highest BCUT2D eigenvalue weighted by atomic mass is 15.0. The highest BCUT2D eigenvalue weighted by Crippen LogP contribution is 2.26. The Morgan fingerprint density at radius 2 is 1.85 bits per heavy atom. The zero-order valence-corrected chi connectivity index (χ0v) is 11.7. The molecule has 0 saturated carbocycles. The van der Waals surface area contributed by atoms with E-state index in [1.54, 1.807) is 0 Å². The van der Waals surface area contributed by atoms with Crippen LogP contribution in [-0.2, 0) is 6.42 Å². The van der Waals surface area contributed by atoms with E-state index in [0.717, 1.165) is 24.2 Å². The van der Waals surface area contributed by atoms with Crippen molar-refractivity contribution in [3.05, 3.63) is 59.9 Å². The lowest BCUT2D eigenvalue weighted by molar-refractivity contribution is 0.798. The first-order valence-corrected chi connectivity index (χ1v) is 7.03. The van der Waals surface area contributed by atoms with Gasteiger partial charge in [0.15, 0.2) is 0 Å². The van der Waals surface area contributed by atoms with Gasteiger partial charge in [-0.15, -0.1) is 0 Å². The number of nitrogens with zero attached hydrogens (tertiary/aromatic N) is 2. The van der Waals surface area contributed by atoms with Crippen LogP contribution in [0.1, 0.15) is 17.8 Å². The Kier molecular flexibility index (Phi) is 3.52. The fraction of sp³-hybridized carbons (Fsp3) is 0.235. The zero-order chi connectivity index (χ0) is 13.9. The van der Waals surface area contributed by atoms with Crippen molar-refractivity contribution < 1.29 is 0 Å². The van der Waals surface area contributed by atoms with E-state index < -0.39 is 0 Å². The summed E-state index contributed by atoms with van der Waals surface area (Å²) in [6.45, 7) is 2.82. The fourth-order valence-electron chi connectivity index (χ4n) is 2.65. The lowest BCUT2D eigenvalue weighted by Crippen LogP contribution is -2.04. The van der Waals surface area contributed by atoms with E-state index >= 15 is 0 Å². The van der Waals surface area contributed by atoms with Crippen LogP contribution in [0.4, 0.5) is 0 Å². The number of imidazole rings is 1. The summed E-state index contributed by atoms with van der Waals surface area (Å²) in [5, 5.41) is 0. The van der Waals surface area contributed by atoms with E-state index in [1.807, 2.05) is 6.07 Å². The van der Waals surface area contributed by atoms with Crippen molar-refractivity contribution in [1.82, 2.24) is 9.38 Å². The Morgan fingerprint density at radius 3 is 2.60 bits per heavy atom. The molecule has 0 saturated heterocycles. The topological polar surface area (TPSA) is 43.3 Å². The summed E-state index contributed by atoms with van der Waals surface area (Å²) >= 11 is 0. The third kappa shape index (κ3) is 2.21. The first-order chi connectivity index (χ1) is 9.81. The third-order valence-electron chi connectivity index (χ3n) is 3.60. The van der Waals surface area contributed by atoms with Gasteiger partial charge in [-0.1, -0.05) is 36.4 Å². The monoisotopic (exact) mass is 265 g/mol. The summed E-state index contributed by atoms with van der Waals surface area (Å²) in [7, 11) is 0. The Balaban J connectivity index is 2.23. The van der Waals surface area contributed by atoms with Crippen molar-refractivity contribution in [3.8, 4) is 11.3 Å². The zero-order valence-electron chi connectivity index (χ0n) is 11.7. The molecule has 2 aromatic heterocycles. The summed E-state index contributed by atoms with van der Waals surface area (Å²) in [4.78, 5) is 4.82. The highest BCUT2D eigenvalue weighted by molar-refractivity contribution is 5.67. The molecule has 3 rings (SSSR count). The smallest absolute Gasteiger partial charge is 0.137 e. The van der Waals surface area contributed by atoms with Crippen LogP contribution in [0.2, 0.25) is 0 Å². The van der Waals surface area contributed by atoms with E-state index in [0.29, 0.717) is 6.54 Å². The summed E-state index contributed by atoms with van der Waals surface area (Å²) in [6, 6.07) is 16.6. The maximum Gasteiger partial charge on any atom is 0.137 e. The number of aryl methyl sites for hydroxylation is 2. The molecule has 2 N–H and O–H groups in total. The van der Waals surface area contributed by atoms with Gasteiger partial charge in [-0.2, -0.15) is 0 Å². The number of pyridine rings is 1. The lowest BCUT2D eigenvalue weighted by atomic mass is 10.1. The van der Waals surface area contributed by atoms with Crippen LogP contribution < -0.4 is 5.73 Å². The SMILES string of the molecule is Cc1cccc2nc(-c3ccccc3)c(CCCN)n12. The molecule has 1 aromatic carbocycles. The molecule has 3 heteroatoms. The van der Waals surface area contributed by atoms with Crippen molar-refractivity contribution >= 4 is 5.65 Å². The number of nitrogens with two attached hydrogens (primary N) is 1. The van der Waals surface area contributed by atoms with Crippen LogP contribution in [0.5, 0.6) is 0 Å². The summed E-state index contributed by atoms with van der Waals surface area (Å²) in [6.07, 6.45) is 1.93. The van der Waals surface area contributed by atoms with Gasteiger partial charge in [-0.3, -0.25) is 0 Å². The molecule has 2 heterocycles. The molecule has 0 aliphatic carbocycles. The van der Waals surface area contributed by atoms with Crippen LogP contribution in [0.25, 0.3) is 16.9 Å². The summed E-state index contributed by atoms with van der Waals surface area (Å²) < 4.78 is 2.25. The molecule has 0 aliphatic rings. The first-order valence-electron chi connectivity index (χ1n) is 7.03. The van der Waals surface area contributed by atoms with E-state index in [4.69, 9.17) is 10.7 Å². The molecule has 102 valence electrons. The van der Waals surface area contributed by atoms with E-state index in [1.165, 1.54) is 17.0 Å². The lowest BCUT2D eigenvalue weighted by Gasteiger charge is -2.07. The Bertz CT molecular complexity index is 714. The molecule has 0 radical (unpaired) electrons. The van der Waals surface area contributed by atoms with Gasteiger partial charge in [0.05, 0.1) is 11.4 Å². The van der Waals surface area contributed by atoms with E-state index in [9.17, 15) is 0 Å². The first kappa shape index (κ1) is 12.9. The molecule has 0 spiro atoms. The van der Waals surface area contributed by atoms with E-state index in [2.05, 4.69) is 53.8 Å². The van der Waals surface area contributed by atoms with Gasteiger partial charge < -0.3 is 10.1 Å². The number of benzene rings is 1. The number of hydrogen-bond acceptors (Lipinski definition) is 2. The molecule has 0 aliphatic heterocycles. The fourth-order valence-corrected chi connectivity index (χ4v) is 2.65. The van der Waals surface area contributed by atoms with Crippen LogP contribution in [0.15, 0.2) is 48.5 Å². The molecule has 0 bridgehead atoms. The quantitative estimate of drug-likeness (QED) is 0.787. The molecule has 3 nitrogen and oxygen atoms in total. The second-order valence-electron chi connectivity index (χ2n) is 5.03. The minimum atomic E-state index is 0.702. The molecule has 0 amide bonds. The molecule has 0 atom stereocenters. The minimum Gasteiger partial charge on any atom is -0.330 e. The van der Waals surface area contributed by atoms with Crippen molar-refractivity contribution in [2.75, 3.05) is 6.54 Å². The largest absolute Gasteiger partial charge is 0.330 e. The number of rotatable bonds is 4. The third-order valence-corrected chi connectivity index (χ3v) is 3.60. The number of fused-ring (bicyclic) bond motifs is 1. The molecule has 0 fully saturated rings. The van der Waals surface area contributed by atoms with Gasteiger partial charge in [0.2, 0.25) is 0 Å². The van der Waals surface area contributed by atoms with Crippen LogP contribution in [0.3, 0.4) is 0 Å². The summed E-state index contributed by atoms with van der Waals surface area (Å²) in [5.74, 6) is 0. The van der Waals surface area contributed by atoms with Gasteiger partial charge in [-0.25, -0.2) is 4.98 Å². The van der Waals surface area contributed by atoms with Crippen molar-refractivity contribution in [2.24, 2.45) is 5.73 Å². The standard InChI is InChI=1S/C17H19N3/c1-13-7-5-11-16-19-17(14-8-3-2-4-9-14)15(20(13)16)10-6-12-18/h2-5,7-9,11H,6,10,12,18H2,1H3. The molecule has 20 heavy (non-hydrogen) atoms. The van der Waals surface area contributed by atoms with Crippen LogP contribution >= 0.6 is 0 Å². The van der Waals surface area contributed by atoms with Crippen LogP contribution in [-0.4, -0.2) is 15.9 Å². The molecular formula is C17H19N3. The van der Waals surface area contributed by atoms with Crippen molar-refractivity contribution in [3.63, 3.8) is 0 Å². The van der Waals surface area contributed by atoms with Gasteiger partial charge in [0.1, 0.15) is 5.65 Å². The van der Waals surface area contributed by atoms with Gasteiger partial charge in [0.25, 0.3) is 0 Å². The van der Waals surface area contributed by atoms with E-state index in [-0.39, 0.29) is 0 Å². The predicted octanol–water partition coefficient (Wildman–Crippen LogP) is 3.20. The number of hydrogen-bond donors (Lipinski definition) is 1. The normalized spacial score (nSPS) is 11.1. The van der Waals surface area contributed by atoms with Gasteiger partial charge >= 0.3 is 0 Å². The van der Waals surface area contributed by atoms with Crippen LogP contribution in [0, 0.1) is 6.92 Å². The number of aromatic nitrogens is 2. The second-order valence-corrected chi connectivity index (χ2v) is 5.03.